The molecule has 0 bridgehead atoms. The lowest BCUT2D eigenvalue weighted by Gasteiger charge is -2.38. The van der Waals surface area contributed by atoms with Crippen LogP contribution in [-0.2, 0) is 9.53 Å². The van der Waals surface area contributed by atoms with E-state index in [4.69, 9.17) is 4.74 Å². The maximum Gasteiger partial charge on any atom is 0.310 e. The Morgan fingerprint density at radius 2 is 2.05 bits per heavy atom. The molecule has 4 aliphatic rings. The first-order valence-electron chi connectivity index (χ1n) is 8.69. The number of aliphatic hydroxyl groups excluding tert-OH is 2. The van der Waals surface area contributed by atoms with Gasteiger partial charge in [0.15, 0.2) is 0 Å². The van der Waals surface area contributed by atoms with Gasteiger partial charge in [0, 0.05) is 32.0 Å². The zero-order valence-corrected chi connectivity index (χ0v) is 13.4. The number of carbonyl (C=O) groups excluding carboxylic acids is 1. The van der Waals surface area contributed by atoms with Crippen LogP contribution < -0.4 is 0 Å². The van der Waals surface area contributed by atoms with Gasteiger partial charge in [0.25, 0.3) is 0 Å². The third kappa shape index (κ3) is 2.13. The summed E-state index contributed by atoms with van der Waals surface area (Å²) in [5.41, 5.74) is -0.302. The highest BCUT2D eigenvalue weighted by Crippen LogP contribution is 2.57. The molecular formula is C17H27NO4. The molecule has 2 saturated carbocycles. The summed E-state index contributed by atoms with van der Waals surface area (Å²) in [6.07, 6.45) is 1.12. The van der Waals surface area contributed by atoms with E-state index in [0.717, 1.165) is 32.5 Å². The second kappa shape index (κ2) is 4.92. The summed E-state index contributed by atoms with van der Waals surface area (Å²) in [4.78, 5) is 14.6. The third-order valence-electron chi connectivity index (χ3n) is 6.85. The fourth-order valence-electron chi connectivity index (χ4n) is 5.62. The van der Waals surface area contributed by atoms with Crippen LogP contribution in [0.3, 0.4) is 0 Å². The van der Waals surface area contributed by atoms with Crippen LogP contribution in [0.2, 0.25) is 0 Å². The molecule has 0 radical (unpaired) electrons. The van der Waals surface area contributed by atoms with Crippen molar-refractivity contribution in [2.45, 2.75) is 51.4 Å². The Hall–Kier alpha value is -0.650. The molecule has 0 aromatic rings. The number of hydrogen-bond donors (Lipinski definition) is 2. The van der Waals surface area contributed by atoms with E-state index in [0.29, 0.717) is 6.42 Å². The summed E-state index contributed by atoms with van der Waals surface area (Å²) in [5.74, 6) is 0.448. The molecule has 5 nitrogen and oxygen atoms in total. The molecule has 2 aliphatic heterocycles. The maximum atomic E-state index is 12.3. The van der Waals surface area contributed by atoms with E-state index in [1.54, 1.807) is 0 Å². The summed E-state index contributed by atoms with van der Waals surface area (Å²) in [5, 5.41) is 21.0. The van der Waals surface area contributed by atoms with Crippen molar-refractivity contribution >= 4 is 5.97 Å². The minimum atomic E-state index is -0.480. The molecule has 2 heterocycles. The molecule has 4 rings (SSSR count). The van der Waals surface area contributed by atoms with E-state index in [2.05, 4.69) is 18.7 Å². The lowest BCUT2D eigenvalue weighted by atomic mass is 9.68. The molecule has 22 heavy (non-hydrogen) atoms. The van der Waals surface area contributed by atoms with Crippen LogP contribution in [0.15, 0.2) is 0 Å². The molecule has 4 fully saturated rings. The number of fused-ring (bicyclic) bond motifs is 2. The number of nitrogens with zero attached hydrogens (tertiary/aromatic N) is 1. The minimum Gasteiger partial charge on any atom is -0.462 e. The Labute approximate surface area is 131 Å². The molecular weight excluding hydrogens is 282 g/mol. The highest BCUT2D eigenvalue weighted by molar-refractivity contribution is 5.75. The predicted molar refractivity (Wildman–Crippen MR) is 79.9 cm³/mol. The summed E-state index contributed by atoms with van der Waals surface area (Å²) < 4.78 is 5.71. The Morgan fingerprint density at radius 3 is 2.73 bits per heavy atom. The number of aliphatic hydroxyl groups is 2. The summed E-state index contributed by atoms with van der Waals surface area (Å²) >= 11 is 0. The highest BCUT2D eigenvalue weighted by atomic mass is 16.6. The normalized spacial score (nSPS) is 54.5. The van der Waals surface area contributed by atoms with Crippen molar-refractivity contribution < 1.29 is 19.7 Å². The molecule has 2 N–H and O–H groups in total. The van der Waals surface area contributed by atoms with Gasteiger partial charge in [0.1, 0.15) is 6.10 Å². The predicted octanol–water partition coefficient (Wildman–Crippen LogP) is 0.638. The molecule has 2 aliphatic carbocycles. The van der Waals surface area contributed by atoms with Crippen molar-refractivity contribution in [3.05, 3.63) is 0 Å². The largest absolute Gasteiger partial charge is 0.462 e. The first kappa shape index (κ1) is 14.9. The van der Waals surface area contributed by atoms with Crippen LogP contribution in [0.1, 0.15) is 33.1 Å². The fraction of sp³-hybridized carbons (Fsp3) is 0.941. The standard InChI is InChI=1S/C17H27NO4/c1-9-5-13-10(11(16(21)22-13)8-18-3-4-18)7-17(2)14(20)6-12(19)15(9)17/h9-15,19-20H,3-8H2,1-2H3. The van der Waals surface area contributed by atoms with Crippen LogP contribution in [0.5, 0.6) is 0 Å². The minimum absolute atomic E-state index is 0.0331. The third-order valence-corrected chi connectivity index (χ3v) is 6.85. The van der Waals surface area contributed by atoms with Gasteiger partial charge < -0.3 is 14.9 Å². The number of hydrogen-bond acceptors (Lipinski definition) is 5. The molecule has 0 aromatic heterocycles. The fourth-order valence-corrected chi connectivity index (χ4v) is 5.62. The number of esters is 1. The second-order valence-electron chi connectivity index (χ2n) is 8.31. The highest BCUT2D eigenvalue weighted by Gasteiger charge is 2.60. The van der Waals surface area contributed by atoms with E-state index in [1.807, 2.05) is 0 Å². The lowest BCUT2D eigenvalue weighted by Crippen LogP contribution is -2.39. The number of ether oxygens (including phenoxy) is 1. The smallest absolute Gasteiger partial charge is 0.310 e. The average Bonchev–Trinajstić information content (AvgIpc) is 3.17. The topological polar surface area (TPSA) is 69.8 Å². The zero-order chi connectivity index (χ0) is 15.6. The quantitative estimate of drug-likeness (QED) is 0.579. The maximum absolute atomic E-state index is 12.3. The SMILES string of the molecule is CC1CC2OC(=O)C(CN3CC3)C2CC2(C)C(O)CC(O)C12. The van der Waals surface area contributed by atoms with Gasteiger partial charge in [-0.3, -0.25) is 9.69 Å². The number of rotatable bonds is 2. The van der Waals surface area contributed by atoms with Crippen molar-refractivity contribution in [3.63, 3.8) is 0 Å². The van der Waals surface area contributed by atoms with Gasteiger partial charge in [-0.15, -0.1) is 0 Å². The van der Waals surface area contributed by atoms with E-state index in [-0.39, 0.29) is 41.2 Å². The van der Waals surface area contributed by atoms with Gasteiger partial charge in [-0.05, 0) is 30.1 Å². The van der Waals surface area contributed by atoms with Crippen LogP contribution >= 0.6 is 0 Å². The van der Waals surface area contributed by atoms with Crippen LogP contribution in [0, 0.1) is 29.1 Å². The summed E-state index contributed by atoms with van der Waals surface area (Å²) in [7, 11) is 0. The Bertz CT molecular complexity index is 479. The van der Waals surface area contributed by atoms with Crippen LogP contribution in [-0.4, -0.2) is 59.0 Å². The van der Waals surface area contributed by atoms with Gasteiger partial charge in [-0.1, -0.05) is 13.8 Å². The summed E-state index contributed by atoms with van der Waals surface area (Å²) in [6.45, 7) is 7.21. The Balaban J connectivity index is 1.64. The van der Waals surface area contributed by atoms with Crippen molar-refractivity contribution in [1.29, 1.82) is 0 Å². The molecule has 2 saturated heterocycles. The van der Waals surface area contributed by atoms with Crippen LogP contribution in [0.25, 0.3) is 0 Å². The molecule has 0 amide bonds. The molecule has 124 valence electrons. The van der Waals surface area contributed by atoms with Crippen molar-refractivity contribution in [3.8, 4) is 0 Å². The first-order valence-corrected chi connectivity index (χ1v) is 8.69. The molecule has 8 unspecified atom stereocenters. The monoisotopic (exact) mass is 309 g/mol. The zero-order valence-electron chi connectivity index (χ0n) is 13.4. The van der Waals surface area contributed by atoms with Gasteiger partial charge >= 0.3 is 5.97 Å². The van der Waals surface area contributed by atoms with E-state index in [9.17, 15) is 15.0 Å². The van der Waals surface area contributed by atoms with Crippen molar-refractivity contribution in [2.75, 3.05) is 19.6 Å². The van der Waals surface area contributed by atoms with E-state index >= 15 is 0 Å². The molecule has 0 spiro atoms. The van der Waals surface area contributed by atoms with Gasteiger partial charge in [-0.25, -0.2) is 0 Å². The van der Waals surface area contributed by atoms with Crippen molar-refractivity contribution in [1.82, 2.24) is 4.90 Å². The van der Waals surface area contributed by atoms with Crippen molar-refractivity contribution in [2.24, 2.45) is 29.1 Å². The Morgan fingerprint density at radius 1 is 1.32 bits per heavy atom. The Kier molecular flexibility index (Phi) is 3.34. The first-order chi connectivity index (χ1) is 10.4. The number of carbonyl (C=O) groups is 1. The summed E-state index contributed by atoms with van der Waals surface area (Å²) in [6, 6.07) is 0. The van der Waals surface area contributed by atoms with E-state index in [1.165, 1.54) is 0 Å². The second-order valence-corrected chi connectivity index (χ2v) is 8.31. The lowest BCUT2D eigenvalue weighted by molar-refractivity contribution is -0.145. The molecule has 0 aromatic carbocycles. The van der Waals surface area contributed by atoms with Gasteiger partial charge in [0.2, 0.25) is 0 Å². The van der Waals surface area contributed by atoms with Crippen LogP contribution in [0.4, 0.5) is 0 Å². The average molecular weight is 309 g/mol. The van der Waals surface area contributed by atoms with E-state index < -0.39 is 12.2 Å². The molecule has 8 atom stereocenters. The van der Waals surface area contributed by atoms with Gasteiger partial charge in [-0.2, -0.15) is 0 Å². The van der Waals surface area contributed by atoms with Gasteiger partial charge in [0.05, 0.1) is 18.1 Å². The molecule has 5 heteroatoms.